The molecule has 2 atom stereocenters. The van der Waals surface area contributed by atoms with Gasteiger partial charge in [-0.2, -0.15) is 21.6 Å². The molecule has 0 aliphatic heterocycles. The molecule has 3 rings (SSSR count). The van der Waals surface area contributed by atoms with Gasteiger partial charge in [0.15, 0.2) is 5.25 Å². The van der Waals surface area contributed by atoms with E-state index in [1.54, 1.807) is 0 Å². The van der Waals surface area contributed by atoms with Crippen LogP contribution in [0.3, 0.4) is 0 Å². The second-order valence-corrected chi connectivity index (χ2v) is 7.60. The van der Waals surface area contributed by atoms with Crippen LogP contribution >= 0.6 is 0 Å². The van der Waals surface area contributed by atoms with E-state index in [9.17, 15) is 35.7 Å². The van der Waals surface area contributed by atoms with E-state index in [2.05, 4.69) is 15.3 Å². The van der Waals surface area contributed by atoms with Gasteiger partial charge in [0.25, 0.3) is 10.1 Å². The second-order valence-electron chi connectivity index (χ2n) is 6.07. The molecule has 0 fully saturated rings. The summed E-state index contributed by atoms with van der Waals surface area (Å²) in [5.74, 6) is -2.19. The molecule has 1 aromatic heterocycles. The lowest BCUT2D eigenvalue weighted by atomic mass is 9.92. The molecule has 2 unspecified atom stereocenters. The third-order valence-electron chi connectivity index (χ3n) is 4.19. The Balaban J connectivity index is 2.10. The summed E-state index contributed by atoms with van der Waals surface area (Å²) in [6, 6.07) is 1.11. The zero-order valence-electron chi connectivity index (χ0n) is 14.1. The molecule has 8 nitrogen and oxygen atoms in total. The lowest BCUT2D eigenvalue weighted by Gasteiger charge is -2.28. The highest BCUT2D eigenvalue weighted by Gasteiger charge is 2.50. The number of hydrogen-bond acceptors (Lipinski definition) is 7. The Morgan fingerprint density at radius 2 is 1.64 bits per heavy atom. The highest BCUT2D eigenvalue weighted by Crippen LogP contribution is 2.34. The highest BCUT2D eigenvalue weighted by molar-refractivity contribution is 7.87. The first-order chi connectivity index (χ1) is 12.9. The predicted molar refractivity (Wildman–Crippen MR) is 89.6 cm³/mol. The SMILES string of the molecule is Cc1ccc(NC2C(=O)c3nccnc3C(=O)C2S(=O)(=O)O)cc1C(F)(F)F. The molecule has 148 valence electrons. The number of halogens is 3. The van der Waals surface area contributed by atoms with Gasteiger partial charge in [0.2, 0.25) is 11.6 Å². The molecule has 0 amide bonds. The number of nitrogens with zero attached hydrogens (tertiary/aromatic N) is 2. The number of rotatable bonds is 3. The number of fused-ring (bicyclic) bond motifs is 1. The first kappa shape index (κ1) is 19.9. The Morgan fingerprint density at radius 1 is 1.07 bits per heavy atom. The van der Waals surface area contributed by atoms with Gasteiger partial charge in [-0.3, -0.25) is 14.1 Å². The fourth-order valence-corrected chi connectivity index (χ4v) is 3.83. The smallest absolute Gasteiger partial charge is 0.373 e. The first-order valence-corrected chi connectivity index (χ1v) is 9.21. The number of aryl methyl sites for hydroxylation is 1. The predicted octanol–water partition coefficient (Wildman–Crippen LogP) is 1.92. The van der Waals surface area contributed by atoms with Crippen LogP contribution in [0.1, 0.15) is 32.1 Å². The summed E-state index contributed by atoms with van der Waals surface area (Å²) in [4.78, 5) is 32.5. The first-order valence-electron chi connectivity index (χ1n) is 7.71. The van der Waals surface area contributed by atoms with Crippen LogP contribution in [-0.4, -0.2) is 45.8 Å². The third-order valence-corrected chi connectivity index (χ3v) is 5.32. The lowest BCUT2D eigenvalue weighted by Crippen LogP contribution is -2.53. The van der Waals surface area contributed by atoms with Gasteiger partial charge in [-0.1, -0.05) is 6.07 Å². The molecule has 0 spiro atoms. The van der Waals surface area contributed by atoms with E-state index in [0.29, 0.717) is 6.07 Å². The molecular formula is C16H12F3N3O5S. The maximum absolute atomic E-state index is 13.1. The largest absolute Gasteiger partial charge is 0.416 e. The van der Waals surface area contributed by atoms with Gasteiger partial charge in [-0.25, -0.2) is 9.97 Å². The van der Waals surface area contributed by atoms with E-state index in [1.807, 2.05) is 0 Å². The zero-order valence-corrected chi connectivity index (χ0v) is 14.9. The molecule has 0 saturated heterocycles. The molecule has 28 heavy (non-hydrogen) atoms. The maximum atomic E-state index is 13.1. The summed E-state index contributed by atoms with van der Waals surface area (Å²) >= 11 is 0. The number of benzene rings is 1. The van der Waals surface area contributed by atoms with Crippen molar-refractivity contribution in [3.63, 3.8) is 0 Å². The molecular weight excluding hydrogens is 403 g/mol. The number of Topliss-reactive ketones (excluding diaryl/α,β-unsaturated/α-hetero) is 2. The van der Waals surface area contributed by atoms with Gasteiger partial charge in [0.05, 0.1) is 5.56 Å². The van der Waals surface area contributed by atoms with Gasteiger partial charge in [-0.05, 0) is 24.6 Å². The molecule has 0 radical (unpaired) electrons. The van der Waals surface area contributed by atoms with Crippen LogP contribution in [0.2, 0.25) is 0 Å². The summed E-state index contributed by atoms with van der Waals surface area (Å²) in [6.07, 6.45) is -2.52. The Morgan fingerprint density at radius 3 is 2.18 bits per heavy atom. The lowest BCUT2D eigenvalue weighted by molar-refractivity contribution is -0.138. The minimum Gasteiger partial charge on any atom is -0.373 e. The Labute approximate surface area is 156 Å². The van der Waals surface area contributed by atoms with E-state index >= 15 is 0 Å². The van der Waals surface area contributed by atoms with Gasteiger partial charge in [-0.15, -0.1) is 0 Å². The quantitative estimate of drug-likeness (QED) is 0.728. The second kappa shape index (κ2) is 6.63. The average Bonchev–Trinajstić information content (AvgIpc) is 2.59. The number of ketones is 2. The zero-order chi connectivity index (χ0) is 20.9. The monoisotopic (exact) mass is 415 g/mol. The van der Waals surface area contributed by atoms with Gasteiger partial charge in [0, 0.05) is 18.1 Å². The van der Waals surface area contributed by atoms with E-state index in [1.165, 1.54) is 13.0 Å². The number of alkyl halides is 3. The summed E-state index contributed by atoms with van der Waals surface area (Å²) in [6.45, 7) is 1.23. The van der Waals surface area contributed by atoms with Gasteiger partial charge < -0.3 is 5.32 Å². The molecule has 1 aliphatic rings. The molecule has 0 saturated carbocycles. The number of carbonyl (C=O) groups excluding carboxylic acids is 2. The summed E-state index contributed by atoms with van der Waals surface area (Å²) in [5.41, 5.74) is -2.33. The van der Waals surface area contributed by atoms with Crippen LogP contribution in [0.4, 0.5) is 18.9 Å². The van der Waals surface area contributed by atoms with Gasteiger partial charge in [0.1, 0.15) is 17.4 Å². The Bertz CT molecular complexity index is 1090. The van der Waals surface area contributed by atoms with Crippen LogP contribution in [0.5, 0.6) is 0 Å². The highest BCUT2D eigenvalue weighted by atomic mass is 32.2. The average molecular weight is 415 g/mol. The van der Waals surface area contributed by atoms with Crippen LogP contribution in [0.25, 0.3) is 0 Å². The Kier molecular flexibility index (Phi) is 4.71. The molecule has 2 N–H and O–H groups in total. The van der Waals surface area contributed by atoms with E-state index in [0.717, 1.165) is 18.5 Å². The fraction of sp³-hybridized carbons (Fsp3) is 0.250. The summed E-state index contributed by atoms with van der Waals surface area (Å²) < 4.78 is 72.3. The van der Waals surface area contributed by atoms with Crippen molar-refractivity contribution in [2.45, 2.75) is 24.4 Å². The maximum Gasteiger partial charge on any atom is 0.416 e. The molecule has 1 aromatic carbocycles. The van der Waals surface area contributed by atoms with E-state index in [-0.39, 0.29) is 11.3 Å². The molecule has 2 aromatic rings. The van der Waals surface area contributed by atoms with Crippen molar-refractivity contribution in [3.8, 4) is 0 Å². The molecule has 12 heteroatoms. The van der Waals surface area contributed by atoms with Crippen LogP contribution in [0.15, 0.2) is 30.6 Å². The third kappa shape index (κ3) is 3.47. The topological polar surface area (TPSA) is 126 Å². The minimum absolute atomic E-state index is 0.0911. The van der Waals surface area contributed by atoms with Crippen molar-refractivity contribution in [1.29, 1.82) is 0 Å². The Hall–Kier alpha value is -2.86. The van der Waals surface area contributed by atoms with Crippen LogP contribution < -0.4 is 5.32 Å². The van der Waals surface area contributed by atoms with Crippen molar-refractivity contribution in [3.05, 3.63) is 53.1 Å². The summed E-state index contributed by atoms with van der Waals surface area (Å²) in [5, 5.41) is 0.0430. The van der Waals surface area contributed by atoms with Crippen molar-refractivity contribution >= 4 is 27.4 Å². The molecule has 1 heterocycles. The number of aromatic nitrogens is 2. The summed E-state index contributed by atoms with van der Waals surface area (Å²) in [7, 11) is -5.09. The van der Waals surface area contributed by atoms with E-state index < -0.39 is 56.1 Å². The molecule has 0 bridgehead atoms. The number of anilines is 1. The number of carbonyl (C=O) groups is 2. The standard InChI is InChI=1S/C16H12F3N3O5S/c1-7-2-3-8(6-9(7)16(17,18)19)22-12-13(23)10-11(21-5-4-20-10)14(24)15(12)28(25,26)27/h2-6,12,15,22H,1H3,(H,25,26,27). The normalized spacial score (nSPS) is 20.0. The van der Waals surface area contributed by atoms with Crippen molar-refractivity contribution in [2.24, 2.45) is 0 Å². The fourth-order valence-electron chi connectivity index (χ4n) is 2.91. The van der Waals surface area contributed by atoms with Gasteiger partial charge >= 0.3 is 6.18 Å². The van der Waals surface area contributed by atoms with Crippen molar-refractivity contribution in [2.75, 3.05) is 5.32 Å². The van der Waals surface area contributed by atoms with Crippen LogP contribution in [0, 0.1) is 6.92 Å². The number of hydrogen-bond donors (Lipinski definition) is 2. The van der Waals surface area contributed by atoms with Crippen molar-refractivity contribution < 1.29 is 35.7 Å². The van der Waals surface area contributed by atoms with E-state index in [4.69, 9.17) is 0 Å². The van der Waals surface area contributed by atoms with Crippen molar-refractivity contribution in [1.82, 2.24) is 9.97 Å². The molecule has 1 aliphatic carbocycles. The number of nitrogens with one attached hydrogen (secondary N) is 1. The minimum atomic E-state index is -5.09. The van der Waals surface area contributed by atoms with Crippen LogP contribution in [-0.2, 0) is 16.3 Å².